The Morgan fingerprint density at radius 2 is 1.94 bits per heavy atom. The quantitative estimate of drug-likeness (QED) is 0.545. The molecule has 1 unspecified atom stereocenters. The van der Waals surface area contributed by atoms with Gasteiger partial charge in [-0.2, -0.15) is 5.10 Å². The summed E-state index contributed by atoms with van der Waals surface area (Å²) >= 11 is 0. The molecular weight excluding hydrogens is 407 g/mol. The van der Waals surface area contributed by atoms with Crippen LogP contribution in [0.5, 0.6) is 0 Å². The Hall–Kier alpha value is -3.25. The van der Waals surface area contributed by atoms with Crippen LogP contribution in [-0.2, 0) is 12.8 Å². The number of halogens is 1. The molecule has 1 aromatic heterocycles. The molecule has 0 radical (unpaired) electrons. The molecule has 0 fully saturated rings. The topological polar surface area (TPSA) is 75.3 Å². The minimum absolute atomic E-state index is 0.280. The van der Waals surface area contributed by atoms with E-state index in [-0.39, 0.29) is 11.4 Å². The van der Waals surface area contributed by atoms with Crippen LogP contribution in [0.3, 0.4) is 0 Å². The van der Waals surface area contributed by atoms with Crippen LogP contribution >= 0.6 is 0 Å². The fraction of sp³-hybridized carbons (Fsp3) is 0.308. The summed E-state index contributed by atoms with van der Waals surface area (Å²) in [7, 11) is 0. The summed E-state index contributed by atoms with van der Waals surface area (Å²) in [6.07, 6.45) is 5.60. The summed E-state index contributed by atoms with van der Waals surface area (Å²) in [6.45, 7) is 4.13. The fourth-order valence-corrected chi connectivity index (χ4v) is 4.70. The maximum atomic E-state index is 13.3. The number of hydrogen-bond acceptors (Lipinski definition) is 3. The third-order valence-corrected chi connectivity index (χ3v) is 6.61. The van der Waals surface area contributed by atoms with Gasteiger partial charge in [0.25, 0.3) is 0 Å². The zero-order valence-corrected chi connectivity index (χ0v) is 18.3. The lowest BCUT2D eigenvalue weighted by Gasteiger charge is -2.39. The molecule has 3 aromatic rings. The first kappa shape index (κ1) is 22.0. The number of fused-ring (bicyclic) bond motifs is 1. The van der Waals surface area contributed by atoms with E-state index >= 15 is 0 Å². The Balaban J connectivity index is 1.59. The highest BCUT2D eigenvalue weighted by molar-refractivity contribution is 5.89. The van der Waals surface area contributed by atoms with Crippen LogP contribution in [0, 0.1) is 11.2 Å². The molecule has 6 heteroatoms. The molecule has 2 aromatic carbocycles. The SMILES string of the molecule is CCC1=Cc2c(cnn2-c2ccc(F)cc2)CC1(C)[C@@H](O)CCc1ccccc1C(=O)O. The van der Waals surface area contributed by atoms with Gasteiger partial charge in [0.1, 0.15) is 5.82 Å². The number of aliphatic hydroxyl groups excluding tert-OH is 1. The van der Waals surface area contributed by atoms with Crippen LogP contribution in [-0.4, -0.2) is 32.1 Å². The first-order valence-electron chi connectivity index (χ1n) is 10.9. The third-order valence-electron chi connectivity index (χ3n) is 6.61. The average Bonchev–Trinajstić information content (AvgIpc) is 3.19. The van der Waals surface area contributed by atoms with Crippen molar-refractivity contribution in [1.82, 2.24) is 9.78 Å². The van der Waals surface area contributed by atoms with Crippen molar-refractivity contribution in [1.29, 1.82) is 0 Å². The Morgan fingerprint density at radius 3 is 2.62 bits per heavy atom. The van der Waals surface area contributed by atoms with Gasteiger partial charge in [0, 0.05) is 5.41 Å². The first-order valence-corrected chi connectivity index (χ1v) is 10.9. The largest absolute Gasteiger partial charge is 0.478 e. The van der Waals surface area contributed by atoms with E-state index in [9.17, 15) is 19.4 Å². The number of carbonyl (C=O) groups is 1. The Morgan fingerprint density at radius 1 is 1.22 bits per heavy atom. The van der Waals surface area contributed by atoms with Crippen LogP contribution in [0.25, 0.3) is 11.8 Å². The van der Waals surface area contributed by atoms with Crippen LogP contribution < -0.4 is 0 Å². The van der Waals surface area contributed by atoms with Crippen molar-refractivity contribution in [2.45, 2.75) is 45.6 Å². The van der Waals surface area contributed by atoms with Crippen molar-refractivity contribution in [3.05, 3.63) is 88.5 Å². The average molecular weight is 435 g/mol. The second kappa shape index (κ2) is 8.71. The number of nitrogens with zero attached hydrogens (tertiary/aromatic N) is 2. The van der Waals surface area contributed by atoms with Crippen molar-refractivity contribution < 1.29 is 19.4 Å². The van der Waals surface area contributed by atoms with Crippen molar-refractivity contribution >= 4 is 12.0 Å². The van der Waals surface area contributed by atoms with Gasteiger partial charge >= 0.3 is 5.97 Å². The van der Waals surface area contributed by atoms with Crippen LogP contribution in [0.2, 0.25) is 0 Å². The van der Waals surface area contributed by atoms with Gasteiger partial charge in [-0.3, -0.25) is 0 Å². The van der Waals surface area contributed by atoms with E-state index in [1.807, 2.05) is 12.3 Å². The molecule has 2 atom stereocenters. The molecular formula is C26H27FN2O3. The lowest BCUT2D eigenvalue weighted by molar-refractivity contribution is 0.0528. The van der Waals surface area contributed by atoms with Gasteiger partial charge in [-0.25, -0.2) is 13.9 Å². The van der Waals surface area contributed by atoms with Gasteiger partial charge in [-0.05, 0) is 73.2 Å². The van der Waals surface area contributed by atoms with Crippen LogP contribution in [0.1, 0.15) is 53.9 Å². The highest BCUT2D eigenvalue weighted by Crippen LogP contribution is 2.44. The summed E-state index contributed by atoms with van der Waals surface area (Å²) in [5, 5.41) is 25.2. The number of aryl methyl sites for hydroxylation is 1. The third kappa shape index (κ3) is 3.98. The molecule has 0 bridgehead atoms. The molecule has 1 heterocycles. The number of benzene rings is 2. The Kier molecular flexibility index (Phi) is 5.98. The number of rotatable bonds is 7. The molecule has 32 heavy (non-hydrogen) atoms. The molecule has 2 N–H and O–H groups in total. The zero-order valence-electron chi connectivity index (χ0n) is 18.3. The maximum Gasteiger partial charge on any atom is 0.335 e. The molecule has 166 valence electrons. The van der Waals surface area contributed by atoms with Crippen molar-refractivity contribution in [3.8, 4) is 5.69 Å². The second-order valence-corrected chi connectivity index (χ2v) is 8.58. The lowest BCUT2D eigenvalue weighted by Crippen LogP contribution is -2.38. The van der Waals surface area contributed by atoms with Crippen molar-refractivity contribution in [3.63, 3.8) is 0 Å². The van der Waals surface area contributed by atoms with Gasteiger partial charge in [-0.15, -0.1) is 0 Å². The van der Waals surface area contributed by atoms with Gasteiger partial charge < -0.3 is 10.2 Å². The summed E-state index contributed by atoms with van der Waals surface area (Å²) in [4.78, 5) is 11.5. The van der Waals surface area contributed by atoms with E-state index in [0.717, 1.165) is 34.5 Å². The molecule has 0 spiro atoms. The monoisotopic (exact) mass is 434 g/mol. The predicted molar refractivity (Wildman–Crippen MR) is 121 cm³/mol. The van der Waals surface area contributed by atoms with Crippen molar-refractivity contribution in [2.75, 3.05) is 0 Å². The van der Waals surface area contributed by atoms with Gasteiger partial charge in [0.2, 0.25) is 0 Å². The van der Waals surface area contributed by atoms with E-state index in [0.29, 0.717) is 19.3 Å². The number of aromatic carboxylic acids is 1. The number of carboxylic acid groups (broad SMARTS) is 1. The smallest absolute Gasteiger partial charge is 0.335 e. The molecule has 1 aliphatic rings. The van der Waals surface area contributed by atoms with Gasteiger partial charge in [0.05, 0.1) is 29.2 Å². The van der Waals surface area contributed by atoms with Crippen molar-refractivity contribution in [2.24, 2.45) is 5.41 Å². The number of aromatic nitrogens is 2. The molecule has 0 saturated heterocycles. The number of hydrogen-bond donors (Lipinski definition) is 2. The highest BCUT2D eigenvalue weighted by Gasteiger charge is 2.40. The summed E-state index contributed by atoms with van der Waals surface area (Å²) in [5.74, 6) is -1.24. The standard InChI is InChI=1S/C26H27FN2O3/c1-3-19-14-23-18(16-28-29(23)21-11-9-20(27)10-12-21)15-26(19,2)24(30)13-8-17-6-4-5-7-22(17)25(31)32/h4-7,9-12,14,16,24,30H,3,8,13,15H2,1-2H3,(H,31,32)/t24-,26?/m0/s1. The highest BCUT2D eigenvalue weighted by atomic mass is 19.1. The summed E-state index contributed by atoms with van der Waals surface area (Å²) in [5.41, 5.74) is 4.42. The fourth-order valence-electron chi connectivity index (χ4n) is 4.70. The number of carboxylic acids is 1. The van der Waals surface area contributed by atoms with Gasteiger partial charge in [0.15, 0.2) is 0 Å². The molecule has 1 aliphatic carbocycles. The Labute approximate surface area is 186 Å². The minimum Gasteiger partial charge on any atom is -0.478 e. The second-order valence-electron chi connectivity index (χ2n) is 8.58. The number of aliphatic hydroxyl groups is 1. The molecule has 4 rings (SSSR count). The van der Waals surface area contributed by atoms with Crippen LogP contribution in [0.4, 0.5) is 4.39 Å². The molecule has 5 nitrogen and oxygen atoms in total. The van der Waals surface area contributed by atoms with E-state index in [4.69, 9.17) is 0 Å². The summed E-state index contributed by atoms with van der Waals surface area (Å²) in [6, 6.07) is 13.2. The zero-order chi connectivity index (χ0) is 22.9. The van der Waals surface area contributed by atoms with E-state index in [2.05, 4.69) is 25.0 Å². The van der Waals surface area contributed by atoms with E-state index in [1.165, 1.54) is 12.1 Å². The molecule has 0 saturated carbocycles. The molecule has 0 amide bonds. The lowest BCUT2D eigenvalue weighted by atomic mass is 9.67. The Bertz CT molecular complexity index is 1170. The molecule has 0 aliphatic heterocycles. The van der Waals surface area contributed by atoms with E-state index in [1.54, 1.807) is 35.0 Å². The minimum atomic E-state index is -0.953. The van der Waals surface area contributed by atoms with Crippen LogP contribution in [0.15, 0.2) is 60.3 Å². The maximum absolute atomic E-state index is 13.3. The predicted octanol–water partition coefficient (Wildman–Crippen LogP) is 5.06. The van der Waals surface area contributed by atoms with Gasteiger partial charge in [-0.1, -0.05) is 37.6 Å². The van der Waals surface area contributed by atoms with E-state index < -0.39 is 17.5 Å². The summed E-state index contributed by atoms with van der Waals surface area (Å²) < 4.78 is 15.1. The first-order chi connectivity index (χ1) is 15.3. The normalized spacial score (nSPS) is 18.7.